The molecule has 3 rings (SSSR count). The van der Waals surface area contributed by atoms with Crippen LogP contribution >= 0.6 is 11.6 Å². The molecule has 1 amide bonds. The fourth-order valence-electron chi connectivity index (χ4n) is 2.89. The van der Waals surface area contributed by atoms with E-state index in [2.05, 4.69) is 17.1 Å². The van der Waals surface area contributed by atoms with E-state index >= 15 is 0 Å². The lowest BCUT2D eigenvalue weighted by atomic mass is 10.1. The quantitative estimate of drug-likeness (QED) is 0.148. The number of carbonyl (C=O) groups is 2. The molecule has 34 heavy (non-hydrogen) atoms. The number of allylic oxidation sites excluding steroid dienone is 1. The Morgan fingerprint density at radius 3 is 2.59 bits per heavy atom. The molecule has 0 spiro atoms. The Kier molecular flexibility index (Phi) is 8.82. The number of carbonyl (C=O) groups excluding carboxylic acids is 2. The summed E-state index contributed by atoms with van der Waals surface area (Å²) in [4.78, 5) is 24.3. The summed E-state index contributed by atoms with van der Waals surface area (Å²) in [6.45, 7) is 3.47. The Morgan fingerprint density at radius 1 is 1.06 bits per heavy atom. The van der Waals surface area contributed by atoms with E-state index in [0.717, 1.165) is 5.56 Å². The summed E-state index contributed by atoms with van der Waals surface area (Å²) in [6.07, 6.45) is 3.93. The number of methoxy groups -OCH3 is 1. The number of esters is 1. The second kappa shape index (κ2) is 12.2. The molecule has 3 aromatic rings. The van der Waals surface area contributed by atoms with Gasteiger partial charge in [-0.15, -0.1) is 6.58 Å². The summed E-state index contributed by atoms with van der Waals surface area (Å²) < 4.78 is 16.2. The summed E-state index contributed by atoms with van der Waals surface area (Å²) in [5.74, 6) is 0.360. The molecule has 3 aromatic carbocycles. The third-order valence-electron chi connectivity index (χ3n) is 4.52. The monoisotopic (exact) mass is 478 g/mol. The number of hydrogen-bond acceptors (Lipinski definition) is 6. The normalized spacial score (nSPS) is 10.5. The highest BCUT2D eigenvalue weighted by Crippen LogP contribution is 2.28. The average Bonchev–Trinajstić information content (AvgIpc) is 2.84. The van der Waals surface area contributed by atoms with Gasteiger partial charge in [0.2, 0.25) is 0 Å². The Balaban J connectivity index is 1.52. The number of amides is 1. The maximum absolute atomic E-state index is 12.2. The lowest BCUT2D eigenvalue weighted by molar-refractivity contribution is -0.123. The minimum atomic E-state index is -0.510. The molecule has 0 aliphatic heterocycles. The molecule has 8 heteroatoms. The first-order valence-corrected chi connectivity index (χ1v) is 10.7. The first-order chi connectivity index (χ1) is 16.5. The molecule has 0 saturated heterocycles. The summed E-state index contributed by atoms with van der Waals surface area (Å²) >= 11 is 5.84. The molecule has 0 fully saturated rings. The van der Waals surface area contributed by atoms with Gasteiger partial charge in [0.25, 0.3) is 5.91 Å². The minimum Gasteiger partial charge on any atom is -0.493 e. The summed E-state index contributed by atoms with van der Waals surface area (Å²) in [5.41, 5.74) is 4.42. The first-order valence-electron chi connectivity index (χ1n) is 10.3. The number of hydrazone groups is 1. The van der Waals surface area contributed by atoms with Crippen LogP contribution in [-0.2, 0) is 11.2 Å². The van der Waals surface area contributed by atoms with Crippen LogP contribution in [0, 0.1) is 0 Å². The number of benzene rings is 3. The van der Waals surface area contributed by atoms with E-state index in [1.807, 2.05) is 12.1 Å². The predicted octanol–water partition coefficient (Wildman–Crippen LogP) is 4.83. The zero-order chi connectivity index (χ0) is 24.3. The number of nitrogens with one attached hydrogen (secondary N) is 1. The Labute approximate surface area is 202 Å². The molecule has 0 unspecified atom stereocenters. The van der Waals surface area contributed by atoms with Crippen LogP contribution < -0.4 is 19.6 Å². The zero-order valence-electron chi connectivity index (χ0n) is 18.5. The van der Waals surface area contributed by atoms with Gasteiger partial charge in [-0.25, -0.2) is 10.2 Å². The lowest BCUT2D eigenvalue weighted by Gasteiger charge is -2.11. The Bertz CT molecular complexity index is 1190. The van der Waals surface area contributed by atoms with E-state index in [1.54, 1.807) is 60.7 Å². The summed E-state index contributed by atoms with van der Waals surface area (Å²) in [7, 11) is 1.53. The van der Waals surface area contributed by atoms with Crippen molar-refractivity contribution < 1.29 is 23.8 Å². The van der Waals surface area contributed by atoms with Gasteiger partial charge < -0.3 is 14.2 Å². The van der Waals surface area contributed by atoms with Crippen molar-refractivity contribution in [3.63, 3.8) is 0 Å². The van der Waals surface area contributed by atoms with Crippen LogP contribution in [0.25, 0.3) is 0 Å². The maximum atomic E-state index is 12.2. The molecule has 7 nitrogen and oxygen atoms in total. The van der Waals surface area contributed by atoms with Crippen molar-refractivity contribution in [3.05, 3.63) is 101 Å². The van der Waals surface area contributed by atoms with Gasteiger partial charge in [0.1, 0.15) is 5.75 Å². The molecule has 0 aliphatic carbocycles. The third kappa shape index (κ3) is 7.21. The third-order valence-corrected chi connectivity index (χ3v) is 4.77. The standard InChI is InChI=1S/C26H23ClN2O5/c1-3-5-18-8-13-23(24(15-18)32-2)33-17-25(30)29-28-16-19-6-4-7-22(14-19)34-26(31)20-9-11-21(27)12-10-20/h3-4,6-16H,1,5,17H2,2H3,(H,29,30)/b28-16-. The van der Waals surface area contributed by atoms with E-state index in [-0.39, 0.29) is 6.61 Å². The molecular weight excluding hydrogens is 456 g/mol. The van der Waals surface area contributed by atoms with E-state index in [4.69, 9.17) is 25.8 Å². The fourth-order valence-corrected chi connectivity index (χ4v) is 3.02. The van der Waals surface area contributed by atoms with E-state index in [9.17, 15) is 9.59 Å². The fraction of sp³-hybridized carbons (Fsp3) is 0.115. The van der Waals surface area contributed by atoms with Crippen molar-refractivity contribution >= 4 is 29.7 Å². The van der Waals surface area contributed by atoms with Crippen molar-refractivity contribution in [1.82, 2.24) is 5.43 Å². The molecular formula is C26H23ClN2O5. The molecule has 0 heterocycles. The maximum Gasteiger partial charge on any atom is 0.343 e. The largest absolute Gasteiger partial charge is 0.493 e. The molecule has 0 bridgehead atoms. The Hall–Kier alpha value is -4.10. The average molecular weight is 479 g/mol. The number of hydrogen-bond donors (Lipinski definition) is 1. The number of rotatable bonds is 10. The smallest absolute Gasteiger partial charge is 0.343 e. The van der Waals surface area contributed by atoms with Gasteiger partial charge in [-0.05, 0) is 66.1 Å². The van der Waals surface area contributed by atoms with Crippen LogP contribution in [0.5, 0.6) is 17.2 Å². The van der Waals surface area contributed by atoms with Gasteiger partial charge in [-0.2, -0.15) is 5.10 Å². The number of ether oxygens (including phenoxy) is 3. The summed E-state index contributed by atoms with van der Waals surface area (Å²) in [6, 6.07) is 18.6. The van der Waals surface area contributed by atoms with Crippen molar-refractivity contribution in [1.29, 1.82) is 0 Å². The summed E-state index contributed by atoms with van der Waals surface area (Å²) in [5, 5.41) is 4.45. The van der Waals surface area contributed by atoms with Crippen molar-refractivity contribution in [2.75, 3.05) is 13.7 Å². The van der Waals surface area contributed by atoms with E-state index < -0.39 is 11.9 Å². The number of nitrogens with zero attached hydrogens (tertiary/aromatic N) is 1. The second-order valence-electron chi connectivity index (χ2n) is 7.03. The predicted molar refractivity (Wildman–Crippen MR) is 131 cm³/mol. The van der Waals surface area contributed by atoms with Crippen LogP contribution in [0.2, 0.25) is 5.02 Å². The van der Waals surface area contributed by atoms with E-state index in [0.29, 0.717) is 39.8 Å². The highest BCUT2D eigenvalue weighted by atomic mass is 35.5. The molecule has 0 aromatic heterocycles. The van der Waals surface area contributed by atoms with Crippen LogP contribution in [0.3, 0.4) is 0 Å². The topological polar surface area (TPSA) is 86.2 Å². The second-order valence-corrected chi connectivity index (χ2v) is 7.47. The number of halogens is 1. The first kappa shape index (κ1) is 24.5. The van der Waals surface area contributed by atoms with Gasteiger partial charge in [0, 0.05) is 5.02 Å². The van der Waals surface area contributed by atoms with Crippen LogP contribution in [0.1, 0.15) is 21.5 Å². The molecule has 0 radical (unpaired) electrons. The zero-order valence-corrected chi connectivity index (χ0v) is 19.2. The van der Waals surface area contributed by atoms with Crippen molar-refractivity contribution in [3.8, 4) is 17.2 Å². The molecule has 1 N–H and O–H groups in total. The van der Waals surface area contributed by atoms with Gasteiger partial charge in [0.15, 0.2) is 18.1 Å². The SMILES string of the molecule is C=CCc1ccc(OCC(=O)N/N=C\c2cccc(OC(=O)c3ccc(Cl)cc3)c2)c(OC)c1. The van der Waals surface area contributed by atoms with Crippen LogP contribution in [0.4, 0.5) is 0 Å². The van der Waals surface area contributed by atoms with E-state index in [1.165, 1.54) is 13.3 Å². The van der Waals surface area contributed by atoms with Gasteiger partial charge in [0.05, 0.1) is 18.9 Å². The molecule has 0 atom stereocenters. The van der Waals surface area contributed by atoms with Crippen molar-refractivity contribution in [2.24, 2.45) is 5.10 Å². The van der Waals surface area contributed by atoms with Crippen LogP contribution in [0.15, 0.2) is 84.5 Å². The highest BCUT2D eigenvalue weighted by Gasteiger charge is 2.10. The molecule has 0 aliphatic rings. The van der Waals surface area contributed by atoms with Gasteiger partial charge in [-0.3, -0.25) is 4.79 Å². The van der Waals surface area contributed by atoms with Gasteiger partial charge in [-0.1, -0.05) is 35.9 Å². The lowest BCUT2D eigenvalue weighted by Crippen LogP contribution is -2.24. The molecule has 0 saturated carbocycles. The van der Waals surface area contributed by atoms with Crippen molar-refractivity contribution in [2.45, 2.75) is 6.42 Å². The molecule has 174 valence electrons. The van der Waals surface area contributed by atoms with Gasteiger partial charge >= 0.3 is 5.97 Å². The minimum absolute atomic E-state index is 0.243. The highest BCUT2D eigenvalue weighted by molar-refractivity contribution is 6.30. The van der Waals surface area contributed by atoms with Crippen LogP contribution in [-0.4, -0.2) is 31.8 Å². The Morgan fingerprint density at radius 2 is 1.85 bits per heavy atom.